The summed E-state index contributed by atoms with van der Waals surface area (Å²) in [7, 11) is 0. The zero-order chi connectivity index (χ0) is 29.9. The number of carbonyl (C=O) groups excluding carboxylic acids is 2. The number of carbonyl (C=O) groups is 2. The van der Waals surface area contributed by atoms with Gasteiger partial charge in [-0.3, -0.25) is 15.0 Å². The van der Waals surface area contributed by atoms with Crippen molar-refractivity contribution in [2.75, 3.05) is 10.3 Å². The second kappa shape index (κ2) is 17.0. The van der Waals surface area contributed by atoms with Crippen molar-refractivity contribution in [3.63, 3.8) is 0 Å². The molecular formula is C29H34Cl6N4O2. The summed E-state index contributed by atoms with van der Waals surface area (Å²) in [4.78, 5) is 29.8. The molecule has 2 aromatic rings. The summed E-state index contributed by atoms with van der Waals surface area (Å²) in [5.74, 6) is -0.173. The van der Waals surface area contributed by atoms with E-state index in [1.54, 1.807) is 18.2 Å². The number of amidine groups is 1. The molecule has 41 heavy (non-hydrogen) atoms. The summed E-state index contributed by atoms with van der Waals surface area (Å²) in [6.45, 7) is 2.24. The van der Waals surface area contributed by atoms with Gasteiger partial charge in [0.05, 0.1) is 42.2 Å². The van der Waals surface area contributed by atoms with Crippen LogP contribution in [-0.2, 0) is 9.59 Å². The Morgan fingerprint density at radius 1 is 0.829 bits per heavy atom. The number of nitrogens with zero attached hydrogens (tertiary/aromatic N) is 2. The molecule has 1 fully saturated rings. The Balaban J connectivity index is 1.52. The van der Waals surface area contributed by atoms with Crippen molar-refractivity contribution in [2.45, 2.75) is 90.4 Å². The van der Waals surface area contributed by atoms with Crippen molar-refractivity contribution in [3.8, 4) is 0 Å². The molecule has 3 rings (SSSR count). The lowest BCUT2D eigenvalue weighted by Crippen LogP contribution is -2.36. The molecule has 0 aromatic heterocycles. The predicted molar refractivity (Wildman–Crippen MR) is 175 cm³/mol. The third-order valence-corrected chi connectivity index (χ3v) is 9.29. The minimum atomic E-state index is -0.394. The van der Waals surface area contributed by atoms with E-state index in [0.717, 1.165) is 24.3 Å². The predicted octanol–water partition coefficient (Wildman–Crippen LogP) is 11.2. The van der Waals surface area contributed by atoms with Crippen molar-refractivity contribution in [1.82, 2.24) is 5.43 Å². The highest BCUT2D eigenvalue weighted by Gasteiger charge is 2.33. The van der Waals surface area contributed by atoms with Crippen LogP contribution in [0.1, 0.15) is 90.4 Å². The Bertz CT molecular complexity index is 1240. The number of nitrogens with one attached hydrogen (secondary N) is 2. The fourth-order valence-electron chi connectivity index (χ4n) is 4.48. The van der Waals surface area contributed by atoms with Crippen molar-refractivity contribution >= 4 is 104 Å². The number of amides is 2. The van der Waals surface area contributed by atoms with E-state index < -0.39 is 5.91 Å². The van der Waals surface area contributed by atoms with E-state index in [0.29, 0.717) is 22.8 Å². The van der Waals surface area contributed by atoms with Crippen molar-refractivity contribution in [3.05, 3.63) is 48.3 Å². The maximum absolute atomic E-state index is 12.8. The van der Waals surface area contributed by atoms with Gasteiger partial charge in [0.15, 0.2) is 0 Å². The molecule has 0 atom stereocenters. The first kappa shape index (κ1) is 34.1. The van der Waals surface area contributed by atoms with Crippen LogP contribution in [0.4, 0.5) is 17.1 Å². The van der Waals surface area contributed by atoms with Gasteiger partial charge >= 0.3 is 0 Å². The van der Waals surface area contributed by atoms with Gasteiger partial charge in [-0.05, 0) is 24.6 Å². The van der Waals surface area contributed by atoms with Crippen LogP contribution in [-0.4, -0.2) is 17.6 Å². The van der Waals surface area contributed by atoms with Gasteiger partial charge in [-0.2, -0.15) is 0 Å². The number of hydrogen-bond acceptors (Lipinski definition) is 3. The zero-order valence-electron chi connectivity index (χ0n) is 22.9. The average molecular weight is 683 g/mol. The number of anilines is 2. The number of hydrazine groups is 1. The van der Waals surface area contributed by atoms with E-state index in [1.165, 1.54) is 51.4 Å². The Labute approximate surface area is 272 Å². The SMILES string of the molecule is CCCCCCCCCCCCCC(=O)Nc1ccc(Cl)c(N=C2CC(=O)N(c3c(Cl)c(Cl)c(Cl)c(Cl)c3Cl)N2)c1. The van der Waals surface area contributed by atoms with E-state index in [2.05, 4.69) is 22.7 Å². The van der Waals surface area contributed by atoms with Crippen LogP contribution in [0.15, 0.2) is 23.2 Å². The smallest absolute Gasteiger partial charge is 0.253 e. The number of rotatable bonds is 15. The maximum Gasteiger partial charge on any atom is 0.253 e. The number of hydrogen-bond donors (Lipinski definition) is 2. The van der Waals surface area contributed by atoms with Crippen LogP contribution in [0.3, 0.4) is 0 Å². The van der Waals surface area contributed by atoms with Crippen LogP contribution in [0, 0.1) is 0 Å². The topological polar surface area (TPSA) is 73.8 Å². The lowest BCUT2D eigenvalue weighted by atomic mass is 10.1. The standard InChI is InChI=1S/C29H34Cl6N4O2/c1-2-3-4-5-6-7-8-9-10-11-12-13-22(40)36-18-14-15-19(30)20(16-18)37-21-17-23(41)39(38-21)29-27(34)25(32)24(31)26(33)28(29)35/h14-16H,2-13,17H2,1H3,(H,36,40)(H,37,38). The third kappa shape index (κ3) is 9.80. The van der Waals surface area contributed by atoms with E-state index in [1.807, 2.05) is 0 Å². The monoisotopic (exact) mass is 680 g/mol. The van der Waals surface area contributed by atoms with Crippen molar-refractivity contribution in [2.24, 2.45) is 4.99 Å². The van der Waals surface area contributed by atoms with Gasteiger partial charge in [0, 0.05) is 12.1 Å². The van der Waals surface area contributed by atoms with Crippen LogP contribution in [0.2, 0.25) is 30.1 Å². The maximum atomic E-state index is 12.8. The number of halogens is 6. The van der Waals surface area contributed by atoms with Gasteiger partial charge in [0.1, 0.15) is 11.5 Å². The molecule has 12 heteroatoms. The molecule has 0 radical (unpaired) electrons. The van der Waals surface area contributed by atoms with Gasteiger partial charge in [0.25, 0.3) is 5.91 Å². The van der Waals surface area contributed by atoms with Crippen LogP contribution < -0.4 is 15.8 Å². The first-order chi connectivity index (χ1) is 19.6. The lowest BCUT2D eigenvalue weighted by Gasteiger charge is -2.21. The number of aliphatic imine (C=N–C) groups is 1. The Morgan fingerprint density at radius 3 is 1.95 bits per heavy atom. The van der Waals surface area contributed by atoms with Gasteiger partial charge in [-0.25, -0.2) is 10.0 Å². The second-order valence-electron chi connectivity index (χ2n) is 9.99. The first-order valence-corrected chi connectivity index (χ1v) is 16.2. The van der Waals surface area contributed by atoms with Gasteiger partial charge in [-0.1, -0.05) is 141 Å². The molecule has 1 heterocycles. The highest BCUT2D eigenvalue weighted by Crippen LogP contribution is 2.48. The molecule has 6 nitrogen and oxygen atoms in total. The summed E-state index contributed by atoms with van der Waals surface area (Å²) in [5.41, 5.74) is 3.87. The third-order valence-electron chi connectivity index (χ3n) is 6.71. The molecule has 0 bridgehead atoms. The van der Waals surface area contributed by atoms with E-state index in [9.17, 15) is 9.59 Å². The Morgan fingerprint density at radius 2 is 1.37 bits per heavy atom. The fraction of sp³-hybridized carbons (Fsp3) is 0.483. The molecule has 0 saturated carbocycles. The van der Waals surface area contributed by atoms with E-state index in [-0.39, 0.29) is 49.0 Å². The number of unbranched alkanes of at least 4 members (excludes halogenated alkanes) is 10. The Hall–Kier alpha value is -1.41. The summed E-state index contributed by atoms with van der Waals surface area (Å²) in [6.07, 6.45) is 13.8. The van der Waals surface area contributed by atoms with Crippen LogP contribution >= 0.6 is 69.6 Å². The van der Waals surface area contributed by atoms with Gasteiger partial charge < -0.3 is 5.32 Å². The summed E-state index contributed by atoms with van der Waals surface area (Å²) in [5, 5.41) is 4.23. The molecule has 0 spiro atoms. The highest BCUT2D eigenvalue weighted by molar-refractivity contribution is 6.57. The minimum absolute atomic E-state index is 0.0123. The quantitative estimate of drug-likeness (QED) is 0.112. The molecule has 2 amide bonds. The molecule has 2 N–H and O–H groups in total. The average Bonchev–Trinajstić information content (AvgIpc) is 3.30. The molecular weight excluding hydrogens is 649 g/mol. The molecule has 1 aliphatic heterocycles. The van der Waals surface area contributed by atoms with Crippen molar-refractivity contribution < 1.29 is 9.59 Å². The highest BCUT2D eigenvalue weighted by atomic mass is 35.5. The lowest BCUT2D eigenvalue weighted by molar-refractivity contribution is -0.117. The number of benzene rings is 2. The van der Waals surface area contributed by atoms with E-state index in [4.69, 9.17) is 69.6 Å². The molecule has 1 aliphatic rings. The van der Waals surface area contributed by atoms with Gasteiger partial charge in [-0.15, -0.1) is 0 Å². The molecule has 224 valence electrons. The minimum Gasteiger partial charge on any atom is -0.326 e. The summed E-state index contributed by atoms with van der Waals surface area (Å²) in [6, 6.07) is 5.00. The largest absolute Gasteiger partial charge is 0.326 e. The summed E-state index contributed by atoms with van der Waals surface area (Å²) < 4.78 is 0. The fourth-order valence-corrected chi connectivity index (χ4v) is 5.94. The normalized spacial score (nSPS) is 14.2. The van der Waals surface area contributed by atoms with Crippen LogP contribution in [0.5, 0.6) is 0 Å². The molecule has 2 aromatic carbocycles. The van der Waals surface area contributed by atoms with Gasteiger partial charge in [0.2, 0.25) is 5.91 Å². The zero-order valence-corrected chi connectivity index (χ0v) is 27.4. The molecule has 0 unspecified atom stereocenters. The summed E-state index contributed by atoms with van der Waals surface area (Å²) >= 11 is 37.4. The van der Waals surface area contributed by atoms with Crippen LogP contribution in [0.25, 0.3) is 0 Å². The van der Waals surface area contributed by atoms with E-state index >= 15 is 0 Å². The second-order valence-corrected chi connectivity index (χ2v) is 12.3. The molecule has 1 saturated heterocycles. The Kier molecular flexibility index (Phi) is 14.2. The van der Waals surface area contributed by atoms with Crippen molar-refractivity contribution in [1.29, 1.82) is 0 Å². The molecule has 0 aliphatic carbocycles. The first-order valence-electron chi connectivity index (χ1n) is 13.9.